The Morgan fingerprint density at radius 3 is 2.12 bits per heavy atom. The molecule has 3 aromatic rings. The maximum Gasteiger partial charge on any atom is 0.471 e. The van der Waals surface area contributed by atoms with Crippen molar-refractivity contribution < 1.29 is 32.4 Å². The summed E-state index contributed by atoms with van der Waals surface area (Å²) in [7, 11) is 2.78. The van der Waals surface area contributed by atoms with E-state index in [4.69, 9.17) is 9.47 Å². The third-order valence-electron chi connectivity index (χ3n) is 4.60. The van der Waals surface area contributed by atoms with Crippen LogP contribution in [0.25, 0.3) is 22.3 Å². The maximum atomic E-state index is 12.7. The SMILES string of the molecule is COc1cc(-c2ccccc2NC(=O)C(F)(F)F)cc(-c2ccc(OC)cc2[N+](=O)[O-])c1. The lowest BCUT2D eigenvalue weighted by Gasteiger charge is -2.15. The zero-order valence-electron chi connectivity index (χ0n) is 16.9. The van der Waals surface area contributed by atoms with Gasteiger partial charge in [0.15, 0.2) is 0 Å². The summed E-state index contributed by atoms with van der Waals surface area (Å²) in [5, 5.41) is 13.5. The number of nitrogens with one attached hydrogen (secondary N) is 1. The maximum absolute atomic E-state index is 12.7. The highest BCUT2D eigenvalue weighted by atomic mass is 19.4. The van der Waals surface area contributed by atoms with Gasteiger partial charge in [-0.1, -0.05) is 18.2 Å². The van der Waals surface area contributed by atoms with Crippen molar-refractivity contribution in [1.82, 2.24) is 0 Å². The van der Waals surface area contributed by atoms with Crippen molar-refractivity contribution in [3.63, 3.8) is 0 Å². The van der Waals surface area contributed by atoms with Crippen molar-refractivity contribution in [3.05, 3.63) is 70.8 Å². The molecule has 166 valence electrons. The number of nitro groups is 1. The molecule has 0 aliphatic carbocycles. The van der Waals surface area contributed by atoms with Crippen LogP contribution < -0.4 is 14.8 Å². The molecular weight excluding hydrogens is 429 g/mol. The number of amides is 1. The average molecular weight is 446 g/mol. The molecule has 0 saturated carbocycles. The van der Waals surface area contributed by atoms with Crippen molar-refractivity contribution in [2.24, 2.45) is 0 Å². The van der Waals surface area contributed by atoms with Crippen molar-refractivity contribution in [2.75, 3.05) is 19.5 Å². The highest BCUT2D eigenvalue weighted by Gasteiger charge is 2.39. The number of hydrogen-bond acceptors (Lipinski definition) is 5. The topological polar surface area (TPSA) is 90.7 Å². The van der Waals surface area contributed by atoms with E-state index in [0.29, 0.717) is 22.6 Å². The van der Waals surface area contributed by atoms with Crippen LogP contribution in [-0.4, -0.2) is 31.2 Å². The summed E-state index contributed by atoms with van der Waals surface area (Å²) in [5.41, 5.74) is 1.03. The van der Waals surface area contributed by atoms with Gasteiger partial charge in [-0.15, -0.1) is 0 Å². The van der Waals surface area contributed by atoms with Gasteiger partial charge in [0.1, 0.15) is 11.5 Å². The number of carbonyl (C=O) groups is 1. The van der Waals surface area contributed by atoms with Crippen LogP contribution in [0.2, 0.25) is 0 Å². The molecule has 0 aliphatic heterocycles. The van der Waals surface area contributed by atoms with Crippen molar-refractivity contribution >= 4 is 17.3 Å². The molecule has 7 nitrogen and oxygen atoms in total. The largest absolute Gasteiger partial charge is 0.497 e. The van der Waals surface area contributed by atoms with Crippen LogP contribution in [0.1, 0.15) is 0 Å². The Balaban J connectivity index is 2.16. The number of carbonyl (C=O) groups excluding carboxylic acids is 1. The number of nitrogens with zero attached hydrogens (tertiary/aromatic N) is 1. The van der Waals surface area contributed by atoms with Crippen LogP contribution in [0.15, 0.2) is 60.7 Å². The molecular formula is C22H17F3N2O5. The van der Waals surface area contributed by atoms with E-state index in [1.165, 1.54) is 44.6 Å². The summed E-state index contributed by atoms with van der Waals surface area (Å²) in [6.07, 6.45) is -5.06. The second-order valence-corrected chi connectivity index (χ2v) is 6.59. The molecule has 0 unspecified atom stereocenters. The molecule has 0 atom stereocenters. The van der Waals surface area contributed by atoms with E-state index in [2.05, 4.69) is 0 Å². The van der Waals surface area contributed by atoms with Gasteiger partial charge in [0.05, 0.1) is 30.8 Å². The second-order valence-electron chi connectivity index (χ2n) is 6.59. The predicted molar refractivity (Wildman–Crippen MR) is 112 cm³/mol. The van der Waals surface area contributed by atoms with Crippen LogP contribution in [0, 0.1) is 10.1 Å². The molecule has 3 aromatic carbocycles. The zero-order valence-corrected chi connectivity index (χ0v) is 16.9. The van der Waals surface area contributed by atoms with Crippen LogP contribution >= 0.6 is 0 Å². The average Bonchev–Trinajstić information content (AvgIpc) is 2.77. The van der Waals surface area contributed by atoms with Crippen molar-refractivity contribution in [1.29, 1.82) is 0 Å². The number of alkyl halides is 3. The van der Waals surface area contributed by atoms with Crippen LogP contribution in [0.5, 0.6) is 11.5 Å². The summed E-state index contributed by atoms with van der Waals surface area (Å²) < 4.78 is 48.6. The Kier molecular flexibility index (Phi) is 6.33. The first kappa shape index (κ1) is 22.6. The molecule has 10 heteroatoms. The molecule has 0 spiro atoms. The molecule has 3 rings (SSSR count). The number of hydrogen-bond donors (Lipinski definition) is 1. The van der Waals surface area contributed by atoms with Crippen LogP contribution in [0.3, 0.4) is 0 Å². The molecule has 0 saturated heterocycles. The second kappa shape index (κ2) is 8.96. The van der Waals surface area contributed by atoms with E-state index >= 15 is 0 Å². The van der Waals surface area contributed by atoms with Gasteiger partial charge in [0, 0.05) is 11.3 Å². The predicted octanol–water partition coefficient (Wildman–Crippen LogP) is 5.45. The third-order valence-corrected chi connectivity index (χ3v) is 4.60. The first-order valence-corrected chi connectivity index (χ1v) is 9.13. The van der Waals surface area contributed by atoms with Gasteiger partial charge >= 0.3 is 12.1 Å². The highest BCUT2D eigenvalue weighted by molar-refractivity contribution is 5.99. The minimum Gasteiger partial charge on any atom is -0.497 e. The fourth-order valence-electron chi connectivity index (χ4n) is 3.10. The molecule has 0 aromatic heterocycles. The molecule has 0 heterocycles. The lowest BCUT2D eigenvalue weighted by atomic mass is 9.96. The van der Waals surface area contributed by atoms with E-state index in [-0.39, 0.29) is 22.5 Å². The molecule has 0 radical (unpaired) electrons. The number of benzene rings is 3. The minimum absolute atomic E-state index is 0.0711. The minimum atomic E-state index is -5.06. The van der Waals surface area contributed by atoms with Gasteiger partial charge < -0.3 is 14.8 Å². The van der Waals surface area contributed by atoms with Crippen molar-refractivity contribution in [2.45, 2.75) is 6.18 Å². The van der Waals surface area contributed by atoms with Crippen LogP contribution in [0.4, 0.5) is 24.5 Å². The lowest BCUT2D eigenvalue weighted by Crippen LogP contribution is -2.30. The van der Waals surface area contributed by atoms with E-state index in [1.807, 2.05) is 5.32 Å². The van der Waals surface area contributed by atoms with Crippen LogP contribution in [-0.2, 0) is 4.79 Å². The molecule has 1 N–H and O–H groups in total. The number of nitro benzene ring substituents is 1. The summed E-state index contributed by atoms with van der Waals surface area (Å²) in [6, 6.07) is 14.9. The Morgan fingerprint density at radius 2 is 1.53 bits per heavy atom. The first-order valence-electron chi connectivity index (χ1n) is 9.13. The van der Waals surface area contributed by atoms with Gasteiger partial charge in [-0.2, -0.15) is 13.2 Å². The number of para-hydroxylation sites is 1. The molecule has 0 bridgehead atoms. The monoisotopic (exact) mass is 446 g/mol. The van der Waals surface area contributed by atoms with Gasteiger partial charge in [-0.3, -0.25) is 14.9 Å². The fourth-order valence-corrected chi connectivity index (χ4v) is 3.10. The number of methoxy groups -OCH3 is 2. The van der Waals surface area contributed by atoms with Gasteiger partial charge in [-0.05, 0) is 47.5 Å². The van der Waals surface area contributed by atoms with Crippen molar-refractivity contribution in [3.8, 4) is 33.8 Å². The van der Waals surface area contributed by atoms with Gasteiger partial charge in [0.25, 0.3) is 5.69 Å². The van der Waals surface area contributed by atoms with Gasteiger partial charge in [-0.25, -0.2) is 0 Å². The third kappa shape index (κ3) is 4.80. The van der Waals surface area contributed by atoms with E-state index in [1.54, 1.807) is 30.3 Å². The lowest BCUT2D eigenvalue weighted by molar-refractivity contribution is -0.384. The zero-order chi connectivity index (χ0) is 23.5. The molecule has 0 aliphatic rings. The number of halogens is 3. The van der Waals surface area contributed by atoms with E-state index < -0.39 is 17.0 Å². The molecule has 32 heavy (non-hydrogen) atoms. The number of ether oxygens (including phenoxy) is 2. The number of anilines is 1. The normalized spacial score (nSPS) is 11.0. The highest BCUT2D eigenvalue weighted by Crippen LogP contribution is 2.39. The number of rotatable bonds is 6. The summed E-state index contributed by atoms with van der Waals surface area (Å²) in [4.78, 5) is 22.5. The molecule has 1 amide bonds. The molecule has 0 fully saturated rings. The standard InChI is InChI=1S/C22H17F3N2O5/c1-31-15-7-8-18(20(12-15)27(29)30)14-9-13(10-16(11-14)32-2)17-5-3-4-6-19(17)26-21(28)22(23,24)25/h3-12H,1-2H3,(H,26,28). The van der Waals surface area contributed by atoms with Gasteiger partial charge in [0.2, 0.25) is 0 Å². The summed E-state index contributed by atoms with van der Waals surface area (Å²) in [6.45, 7) is 0. The first-order chi connectivity index (χ1) is 15.1. The van der Waals surface area contributed by atoms with E-state index in [9.17, 15) is 28.1 Å². The quantitative estimate of drug-likeness (QED) is 0.402. The summed E-state index contributed by atoms with van der Waals surface area (Å²) in [5.74, 6) is -1.50. The van der Waals surface area contributed by atoms with E-state index in [0.717, 1.165) is 0 Å². The Morgan fingerprint density at radius 1 is 0.906 bits per heavy atom. The Labute approximate surface area is 180 Å². The Hall–Kier alpha value is -4.08. The smallest absolute Gasteiger partial charge is 0.471 e. The fraction of sp³-hybridized carbons (Fsp3) is 0.136. The summed E-state index contributed by atoms with van der Waals surface area (Å²) >= 11 is 0. The Bertz CT molecular complexity index is 1180.